The smallest absolute Gasteiger partial charge is 0.256 e. The normalized spacial score (nSPS) is 11.0. The van der Waals surface area contributed by atoms with Crippen molar-refractivity contribution in [3.8, 4) is 11.4 Å². The SMILES string of the molecule is Cc1cc(C)c2nc(-c3ccccn3)cc(C(=O)Nc3ccc(C(=O)N(C)CCc4cc(C)no4)cc3)c2c1. The summed E-state index contributed by atoms with van der Waals surface area (Å²) in [6, 6.07) is 20.2. The van der Waals surface area contributed by atoms with Crippen molar-refractivity contribution < 1.29 is 14.1 Å². The van der Waals surface area contributed by atoms with E-state index in [1.54, 1.807) is 48.5 Å². The van der Waals surface area contributed by atoms with Gasteiger partial charge in [0.25, 0.3) is 11.8 Å². The predicted octanol–water partition coefficient (Wildman–Crippen LogP) is 5.78. The van der Waals surface area contributed by atoms with Gasteiger partial charge < -0.3 is 14.7 Å². The third kappa shape index (κ3) is 5.70. The molecule has 5 rings (SSSR count). The second-order valence-corrected chi connectivity index (χ2v) is 9.69. The quantitative estimate of drug-likeness (QED) is 0.293. The number of nitrogens with one attached hydrogen (secondary N) is 1. The van der Waals surface area contributed by atoms with E-state index < -0.39 is 0 Å². The molecule has 0 fully saturated rings. The standard InChI is InChI=1S/C31H29N5O3/c1-19-15-20(2)29-25(16-19)26(18-28(34-29)27-7-5-6-13-32-27)30(37)33-23-10-8-22(9-11-23)31(38)36(4)14-12-24-17-21(3)35-39-24/h5-11,13,15-18H,12,14H2,1-4H3,(H,33,37). The number of benzene rings is 2. The highest BCUT2D eigenvalue weighted by Gasteiger charge is 2.18. The number of nitrogens with zero attached hydrogens (tertiary/aromatic N) is 4. The Morgan fingerprint density at radius 1 is 0.949 bits per heavy atom. The summed E-state index contributed by atoms with van der Waals surface area (Å²) in [7, 11) is 1.75. The minimum atomic E-state index is -0.261. The number of likely N-dealkylation sites (N-methyl/N-ethyl adjacent to an activating group) is 1. The van der Waals surface area contributed by atoms with Gasteiger partial charge in [-0.3, -0.25) is 14.6 Å². The van der Waals surface area contributed by atoms with Crippen LogP contribution < -0.4 is 5.32 Å². The zero-order chi connectivity index (χ0) is 27.5. The maximum absolute atomic E-state index is 13.5. The monoisotopic (exact) mass is 519 g/mol. The van der Waals surface area contributed by atoms with E-state index in [-0.39, 0.29) is 11.8 Å². The number of hydrogen-bond acceptors (Lipinski definition) is 6. The van der Waals surface area contributed by atoms with Crippen LogP contribution in [0.3, 0.4) is 0 Å². The van der Waals surface area contributed by atoms with Crippen LogP contribution in [-0.4, -0.2) is 45.4 Å². The summed E-state index contributed by atoms with van der Waals surface area (Å²) in [5, 5.41) is 7.64. The number of aryl methyl sites for hydroxylation is 3. The van der Waals surface area contributed by atoms with E-state index in [0.717, 1.165) is 33.5 Å². The summed E-state index contributed by atoms with van der Waals surface area (Å²) in [5.41, 5.74) is 6.56. The van der Waals surface area contributed by atoms with Crippen LogP contribution in [0.15, 0.2) is 77.4 Å². The summed E-state index contributed by atoms with van der Waals surface area (Å²) in [4.78, 5) is 37.3. The van der Waals surface area contributed by atoms with Gasteiger partial charge in [0.05, 0.1) is 28.2 Å². The molecule has 8 heteroatoms. The zero-order valence-corrected chi connectivity index (χ0v) is 22.4. The van der Waals surface area contributed by atoms with Crippen LogP contribution in [0, 0.1) is 20.8 Å². The summed E-state index contributed by atoms with van der Waals surface area (Å²) in [6.45, 7) is 6.35. The second kappa shape index (κ2) is 10.9. The number of amides is 2. The largest absolute Gasteiger partial charge is 0.361 e. The topological polar surface area (TPSA) is 101 Å². The highest BCUT2D eigenvalue weighted by atomic mass is 16.5. The molecule has 8 nitrogen and oxygen atoms in total. The van der Waals surface area contributed by atoms with E-state index in [0.29, 0.717) is 41.2 Å². The Hall–Kier alpha value is -4.85. The number of anilines is 1. The molecule has 0 atom stereocenters. The number of pyridine rings is 2. The molecule has 0 aliphatic heterocycles. The van der Waals surface area contributed by atoms with Crippen molar-refractivity contribution in [2.45, 2.75) is 27.2 Å². The van der Waals surface area contributed by atoms with Crippen molar-refractivity contribution in [1.82, 2.24) is 20.0 Å². The van der Waals surface area contributed by atoms with E-state index in [4.69, 9.17) is 9.51 Å². The van der Waals surface area contributed by atoms with Gasteiger partial charge in [-0.15, -0.1) is 0 Å². The maximum atomic E-state index is 13.5. The fourth-order valence-corrected chi connectivity index (χ4v) is 4.54. The summed E-state index contributed by atoms with van der Waals surface area (Å²) < 4.78 is 5.23. The first kappa shape index (κ1) is 25.8. The van der Waals surface area contributed by atoms with Gasteiger partial charge in [-0.05, 0) is 74.9 Å². The lowest BCUT2D eigenvalue weighted by atomic mass is 10.00. The predicted molar refractivity (Wildman–Crippen MR) is 151 cm³/mol. The molecule has 0 saturated heterocycles. The van der Waals surface area contributed by atoms with Crippen LogP contribution in [0.4, 0.5) is 5.69 Å². The highest BCUT2D eigenvalue weighted by Crippen LogP contribution is 2.28. The number of fused-ring (bicyclic) bond motifs is 1. The molecule has 1 N–H and O–H groups in total. The van der Waals surface area contributed by atoms with Crippen molar-refractivity contribution in [2.75, 3.05) is 18.9 Å². The first-order valence-electron chi connectivity index (χ1n) is 12.7. The van der Waals surface area contributed by atoms with Gasteiger partial charge in [-0.2, -0.15) is 0 Å². The number of hydrogen-bond donors (Lipinski definition) is 1. The molecule has 39 heavy (non-hydrogen) atoms. The van der Waals surface area contributed by atoms with Crippen LogP contribution in [0.1, 0.15) is 43.3 Å². The van der Waals surface area contributed by atoms with Crippen LogP contribution in [0.25, 0.3) is 22.3 Å². The van der Waals surface area contributed by atoms with Crippen LogP contribution >= 0.6 is 0 Å². The Bertz CT molecular complexity index is 1660. The van der Waals surface area contributed by atoms with Crippen LogP contribution in [-0.2, 0) is 6.42 Å². The first-order valence-corrected chi connectivity index (χ1v) is 12.7. The Morgan fingerprint density at radius 3 is 2.44 bits per heavy atom. The molecule has 0 bridgehead atoms. The summed E-state index contributed by atoms with van der Waals surface area (Å²) >= 11 is 0. The average molecular weight is 520 g/mol. The molecule has 2 aromatic carbocycles. The van der Waals surface area contributed by atoms with E-state index in [9.17, 15) is 9.59 Å². The Morgan fingerprint density at radius 2 is 1.74 bits per heavy atom. The Kier molecular flexibility index (Phi) is 7.19. The number of rotatable bonds is 7. The molecule has 0 radical (unpaired) electrons. The van der Waals surface area contributed by atoms with Gasteiger partial charge in [0, 0.05) is 48.9 Å². The van der Waals surface area contributed by atoms with Gasteiger partial charge in [0.1, 0.15) is 5.76 Å². The van der Waals surface area contributed by atoms with E-state index >= 15 is 0 Å². The van der Waals surface area contributed by atoms with Crippen molar-refractivity contribution in [1.29, 1.82) is 0 Å². The lowest BCUT2D eigenvalue weighted by Gasteiger charge is -2.17. The maximum Gasteiger partial charge on any atom is 0.256 e. The average Bonchev–Trinajstić information content (AvgIpc) is 3.36. The first-order chi connectivity index (χ1) is 18.8. The second-order valence-electron chi connectivity index (χ2n) is 9.69. The van der Waals surface area contributed by atoms with Crippen LogP contribution in [0.2, 0.25) is 0 Å². The zero-order valence-electron chi connectivity index (χ0n) is 22.4. The molecular formula is C31H29N5O3. The van der Waals surface area contributed by atoms with Gasteiger partial charge in [-0.1, -0.05) is 22.9 Å². The molecule has 0 spiro atoms. The lowest BCUT2D eigenvalue weighted by Crippen LogP contribution is -2.28. The molecule has 0 aliphatic rings. The Balaban J connectivity index is 1.36. The molecule has 0 saturated carbocycles. The van der Waals surface area contributed by atoms with Gasteiger partial charge in [0.2, 0.25) is 0 Å². The fraction of sp³-hybridized carbons (Fsp3) is 0.194. The van der Waals surface area contributed by atoms with Crippen molar-refractivity contribution >= 4 is 28.4 Å². The third-order valence-electron chi connectivity index (χ3n) is 6.53. The third-order valence-corrected chi connectivity index (χ3v) is 6.53. The molecule has 0 unspecified atom stereocenters. The van der Waals surface area contributed by atoms with Crippen molar-refractivity contribution in [3.05, 3.63) is 107 Å². The highest BCUT2D eigenvalue weighted by molar-refractivity contribution is 6.13. The molecular weight excluding hydrogens is 490 g/mol. The molecule has 3 aromatic heterocycles. The van der Waals surface area contributed by atoms with Crippen molar-refractivity contribution in [2.24, 2.45) is 0 Å². The van der Waals surface area contributed by atoms with E-state index in [1.165, 1.54) is 0 Å². The van der Waals surface area contributed by atoms with Crippen LogP contribution in [0.5, 0.6) is 0 Å². The summed E-state index contributed by atoms with van der Waals surface area (Å²) in [5.74, 6) is 0.365. The number of carbonyl (C=O) groups excluding carboxylic acids is 2. The lowest BCUT2D eigenvalue weighted by molar-refractivity contribution is 0.0794. The van der Waals surface area contributed by atoms with Gasteiger partial charge >= 0.3 is 0 Å². The molecule has 0 aliphatic carbocycles. The summed E-state index contributed by atoms with van der Waals surface area (Å²) in [6.07, 6.45) is 2.29. The number of carbonyl (C=O) groups is 2. The van der Waals surface area contributed by atoms with Gasteiger partial charge in [-0.25, -0.2) is 4.98 Å². The van der Waals surface area contributed by atoms with Gasteiger partial charge in [0.15, 0.2) is 0 Å². The molecule has 5 aromatic rings. The minimum absolute atomic E-state index is 0.116. The molecule has 2 amide bonds. The fourth-order valence-electron chi connectivity index (χ4n) is 4.54. The molecule has 3 heterocycles. The minimum Gasteiger partial charge on any atom is -0.361 e. The van der Waals surface area contributed by atoms with Crippen molar-refractivity contribution in [3.63, 3.8) is 0 Å². The van der Waals surface area contributed by atoms with E-state index in [1.807, 2.05) is 51.1 Å². The molecule has 196 valence electrons. The van der Waals surface area contributed by atoms with E-state index in [2.05, 4.69) is 21.5 Å². The number of aromatic nitrogens is 3. The Labute approximate surface area is 226 Å².